The molecule has 0 aliphatic rings. The van der Waals surface area contributed by atoms with Gasteiger partial charge in [0.25, 0.3) is 5.91 Å². The molecule has 18 heavy (non-hydrogen) atoms. The van der Waals surface area contributed by atoms with E-state index in [9.17, 15) is 4.79 Å². The monoisotopic (exact) mass is 277 g/mol. The number of nitrogens with two attached hydrogens (primary N) is 1. The predicted octanol–water partition coefficient (Wildman–Crippen LogP) is 3.02. The van der Waals surface area contributed by atoms with Crippen molar-refractivity contribution in [3.8, 4) is 0 Å². The SMILES string of the molecule is Nc1nc2ccccc2n1C(=O)c1ccc(Cl)s1. The van der Waals surface area contributed by atoms with Crippen molar-refractivity contribution in [1.82, 2.24) is 9.55 Å². The Labute approximate surface area is 112 Å². The highest BCUT2D eigenvalue weighted by atomic mass is 35.5. The van der Waals surface area contributed by atoms with Crippen molar-refractivity contribution >= 4 is 45.8 Å². The number of hydrogen-bond acceptors (Lipinski definition) is 4. The van der Waals surface area contributed by atoms with Gasteiger partial charge in [0.05, 0.1) is 20.2 Å². The van der Waals surface area contributed by atoms with Crippen LogP contribution in [-0.4, -0.2) is 15.5 Å². The van der Waals surface area contributed by atoms with E-state index in [1.807, 2.05) is 24.3 Å². The highest BCUT2D eigenvalue weighted by Crippen LogP contribution is 2.25. The first-order valence-corrected chi connectivity index (χ1v) is 6.39. The van der Waals surface area contributed by atoms with Gasteiger partial charge >= 0.3 is 0 Å². The van der Waals surface area contributed by atoms with Gasteiger partial charge in [0.2, 0.25) is 5.95 Å². The van der Waals surface area contributed by atoms with Crippen molar-refractivity contribution in [2.24, 2.45) is 0 Å². The Kier molecular flexibility index (Phi) is 2.57. The highest BCUT2D eigenvalue weighted by Gasteiger charge is 2.17. The average Bonchev–Trinajstić information content (AvgIpc) is 2.91. The van der Waals surface area contributed by atoms with E-state index in [0.29, 0.717) is 20.2 Å². The van der Waals surface area contributed by atoms with Crippen LogP contribution in [0.15, 0.2) is 36.4 Å². The zero-order chi connectivity index (χ0) is 12.7. The molecule has 0 bridgehead atoms. The van der Waals surface area contributed by atoms with Crippen LogP contribution in [-0.2, 0) is 0 Å². The summed E-state index contributed by atoms with van der Waals surface area (Å²) in [5.41, 5.74) is 7.20. The van der Waals surface area contributed by atoms with Crippen molar-refractivity contribution < 1.29 is 4.79 Å². The maximum Gasteiger partial charge on any atom is 0.275 e. The lowest BCUT2D eigenvalue weighted by Gasteiger charge is -2.02. The van der Waals surface area contributed by atoms with E-state index in [1.54, 1.807) is 12.1 Å². The Morgan fingerprint density at radius 1 is 1.28 bits per heavy atom. The number of nitrogens with zero attached hydrogens (tertiary/aromatic N) is 2. The number of hydrogen-bond donors (Lipinski definition) is 1. The number of para-hydroxylation sites is 2. The lowest BCUT2D eigenvalue weighted by Crippen LogP contribution is -2.13. The number of halogens is 1. The van der Waals surface area contributed by atoms with Gasteiger partial charge < -0.3 is 5.73 Å². The van der Waals surface area contributed by atoms with E-state index >= 15 is 0 Å². The molecule has 0 atom stereocenters. The molecule has 0 amide bonds. The van der Waals surface area contributed by atoms with Gasteiger partial charge in [-0.1, -0.05) is 23.7 Å². The fourth-order valence-electron chi connectivity index (χ4n) is 1.80. The van der Waals surface area contributed by atoms with Crippen LogP contribution >= 0.6 is 22.9 Å². The molecule has 0 aliphatic heterocycles. The van der Waals surface area contributed by atoms with Crippen molar-refractivity contribution in [3.63, 3.8) is 0 Å². The third kappa shape index (κ3) is 1.68. The Morgan fingerprint density at radius 3 is 2.78 bits per heavy atom. The molecule has 2 N–H and O–H groups in total. The van der Waals surface area contributed by atoms with Crippen LogP contribution < -0.4 is 5.73 Å². The minimum Gasteiger partial charge on any atom is -0.369 e. The van der Waals surface area contributed by atoms with Crippen LogP contribution in [0, 0.1) is 0 Å². The molecule has 3 aromatic rings. The first-order chi connectivity index (χ1) is 8.66. The summed E-state index contributed by atoms with van der Waals surface area (Å²) < 4.78 is 1.97. The summed E-state index contributed by atoms with van der Waals surface area (Å²) in [7, 11) is 0. The van der Waals surface area contributed by atoms with E-state index in [-0.39, 0.29) is 11.9 Å². The molecule has 0 saturated heterocycles. The van der Waals surface area contributed by atoms with Gasteiger partial charge in [-0.15, -0.1) is 11.3 Å². The Hall–Kier alpha value is -1.85. The smallest absolute Gasteiger partial charge is 0.275 e. The fraction of sp³-hybridized carbons (Fsp3) is 0. The van der Waals surface area contributed by atoms with Crippen LogP contribution in [0.1, 0.15) is 9.67 Å². The second-order valence-corrected chi connectivity index (χ2v) is 5.42. The maximum atomic E-state index is 12.4. The van der Waals surface area contributed by atoms with Gasteiger partial charge in [-0.25, -0.2) is 9.55 Å². The lowest BCUT2D eigenvalue weighted by atomic mass is 10.3. The molecule has 0 unspecified atom stereocenters. The average molecular weight is 278 g/mol. The van der Waals surface area contributed by atoms with E-state index < -0.39 is 0 Å². The van der Waals surface area contributed by atoms with Gasteiger partial charge in [0.15, 0.2) is 0 Å². The molecule has 0 aliphatic carbocycles. The van der Waals surface area contributed by atoms with E-state index in [1.165, 1.54) is 15.9 Å². The Balaban J connectivity index is 2.20. The summed E-state index contributed by atoms with van der Waals surface area (Å²) in [6, 6.07) is 10.7. The van der Waals surface area contributed by atoms with E-state index in [4.69, 9.17) is 17.3 Å². The summed E-state index contributed by atoms with van der Waals surface area (Å²) in [5.74, 6) is -0.0242. The number of nitrogen functional groups attached to an aromatic ring is 1. The van der Waals surface area contributed by atoms with Crippen LogP contribution in [0.25, 0.3) is 11.0 Å². The minimum atomic E-state index is -0.210. The normalized spacial score (nSPS) is 10.9. The van der Waals surface area contributed by atoms with Crippen LogP contribution in [0.4, 0.5) is 5.95 Å². The number of rotatable bonds is 1. The van der Waals surface area contributed by atoms with Crippen LogP contribution in [0.5, 0.6) is 0 Å². The largest absolute Gasteiger partial charge is 0.369 e. The van der Waals surface area contributed by atoms with Crippen LogP contribution in [0.3, 0.4) is 0 Å². The number of fused-ring (bicyclic) bond motifs is 1. The topological polar surface area (TPSA) is 60.9 Å². The Morgan fingerprint density at radius 2 is 2.06 bits per heavy atom. The maximum absolute atomic E-state index is 12.4. The minimum absolute atomic E-state index is 0.186. The third-order valence-electron chi connectivity index (χ3n) is 2.57. The second-order valence-electron chi connectivity index (χ2n) is 3.70. The van der Waals surface area contributed by atoms with Gasteiger partial charge in [-0.2, -0.15) is 0 Å². The first kappa shape index (κ1) is 11.3. The predicted molar refractivity (Wildman–Crippen MR) is 73.2 cm³/mol. The number of imidazole rings is 1. The van der Waals surface area contributed by atoms with E-state index in [0.717, 1.165) is 0 Å². The molecule has 0 saturated carbocycles. The molecule has 3 rings (SSSR count). The zero-order valence-electron chi connectivity index (χ0n) is 9.13. The number of benzene rings is 1. The summed E-state index contributed by atoms with van der Waals surface area (Å²) in [6.07, 6.45) is 0. The molecular weight excluding hydrogens is 270 g/mol. The number of aromatic nitrogens is 2. The van der Waals surface area contributed by atoms with Crippen molar-refractivity contribution in [2.45, 2.75) is 0 Å². The quantitative estimate of drug-likeness (QED) is 0.744. The van der Waals surface area contributed by atoms with Gasteiger partial charge in [0.1, 0.15) is 0 Å². The summed E-state index contributed by atoms with van der Waals surface area (Å²) >= 11 is 7.06. The van der Waals surface area contributed by atoms with Crippen LogP contribution in [0.2, 0.25) is 4.34 Å². The summed E-state index contributed by atoms with van der Waals surface area (Å²) in [6.45, 7) is 0. The molecule has 2 heterocycles. The highest BCUT2D eigenvalue weighted by molar-refractivity contribution is 7.18. The molecule has 0 fully saturated rings. The molecular formula is C12H8ClN3OS. The molecule has 1 aromatic carbocycles. The second kappa shape index (κ2) is 4.12. The number of thiophene rings is 1. The van der Waals surface area contributed by atoms with Gasteiger partial charge in [-0.3, -0.25) is 4.79 Å². The fourth-order valence-corrected chi connectivity index (χ4v) is 2.77. The zero-order valence-corrected chi connectivity index (χ0v) is 10.7. The first-order valence-electron chi connectivity index (χ1n) is 5.20. The number of anilines is 1. The van der Waals surface area contributed by atoms with Gasteiger partial charge in [-0.05, 0) is 24.3 Å². The molecule has 4 nitrogen and oxygen atoms in total. The molecule has 0 spiro atoms. The van der Waals surface area contributed by atoms with E-state index in [2.05, 4.69) is 4.98 Å². The molecule has 90 valence electrons. The Bertz CT molecular complexity index is 747. The number of carbonyl (C=O) groups is 1. The summed E-state index contributed by atoms with van der Waals surface area (Å²) in [5, 5.41) is 0. The number of carbonyl (C=O) groups excluding carboxylic acids is 1. The van der Waals surface area contributed by atoms with Crippen molar-refractivity contribution in [2.75, 3.05) is 5.73 Å². The van der Waals surface area contributed by atoms with Gasteiger partial charge in [0, 0.05) is 0 Å². The standard InChI is InChI=1S/C12H8ClN3OS/c13-10-6-5-9(18-10)11(17)16-8-4-2-1-3-7(8)15-12(16)14/h1-6H,(H2,14,15). The molecule has 2 aromatic heterocycles. The lowest BCUT2D eigenvalue weighted by molar-refractivity contribution is 0.0971. The molecule has 0 radical (unpaired) electrons. The van der Waals surface area contributed by atoms with Crippen molar-refractivity contribution in [1.29, 1.82) is 0 Å². The molecule has 6 heteroatoms. The third-order valence-corrected chi connectivity index (χ3v) is 3.79. The summed E-state index contributed by atoms with van der Waals surface area (Å²) in [4.78, 5) is 17.0. The van der Waals surface area contributed by atoms with Crippen molar-refractivity contribution in [3.05, 3.63) is 45.6 Å².